The molecule has 0 unspecified atom stereocenters. The van der Waals surface area contributed by atoms with Crippen LogP contribution in [0.2, 0.25) is 0 Å². The number of benzene rings is 2. The molecule has 0 atom stereocenters. The number of carbonyl (C=O) groups excluding carboxylic acids is 1. The van der Waals surface area contributed by atoms with E-state index < -0.39 is 10.8 Å². The fourth-order valence-corrected chi connectivity index (χ4v) is 2.17. The zero-order valence-electron chi connectivity index (χ0n) is 14.1. The van der Waals surface area contributed by atoms with Crippen LogP contribution in [0, 0.1) is 10.1 Å². The third kappa shape index (κ3) is 4.69. The Balaban J connectivity index is 2.12. The Morgan fingerprint density at radius 3 is 2.42 bits per heavy atom. The maximum absolute atomic E-state index is 12.0. The summed E-state index contributed by atoms with van der Waals surface area (Å²) in [5, 5.41) is 24.2. The van der Waals surface area contributed by atoms with E-state index in [1.807, 2.05) is 0 Å². The van der Waals surface area contributed by atoms with Gasteiger partial charge in [0.05, 0.1) is 37.8 Å². The number of nitro benzene ring substituents is 1. The number of rotatable bonds is 7. The Morgan fingerprint density at radius 2 is 1.85 bits per heavy atom. The van der Waals surface area contributed by atoms with Crippen LogP contribution >= 0.6 is 0 Å². The highest BCUT2D eigenvalue weighted by Gasteiger charge is 2.21. The lowest BCUT2D eigenvalue weighted by Crippen LogP contribution is -2.20. The van der Waals surface area contributed by atoms with E-state index in [4.69, 9.17) is 9.47 Å². The number of phenols is 1. The summed E-state index contributed by atoms with van der Waals surface area (Å²) in [6, 6.07) is 8.79. The van der Waals surface area contributed by atoms with Gasteiger partial charge in [0, 0.05) is 5.56 Å². The van der Waals surface area contributed by atoms with Crippen LogP contribution in [0.4, 0.5) is 5.69 Å². The minimum Gasteiger partial charge on any atom is -0.508 e. The number of methoxy groups -OCH3 is 2. The molecule has 0 aliphatic carbocycles. The van der Waals surface area contributed by atoms with E-state index >= 15 is 0 Å². The van der Waals surface area contributed by atoms with Gasteiger partial charge in [-0.3, -0.25) is 14.9 Å². The van der Waals surface area contributed by atoms with E-state index in [1.165, 1.54) is 44.7 Å². The fraction of sp³-hybridized carbons (Fsp3) is 0.176. The number of nitrogens with one attached hydrogen (secondary N) is 1. The molecule has 2 rings (SSSR count). The van der Waals surface area contributed by atoms with Crippen LogP contribution < -0.4 is 14.9 Å². The molecule has 0 fully saturated rings. The highest BCUT2D eigenvalue weighted by atomic mass is 16.6. The molecule has 0 saturated carbocycles. The standard InChI is InChI=1S/C17H17N3O6/c1-25-15-7-12(14(20(23)24)9-16(15)26-2)8-17(22)19-18-10-11-3-5-13(21)6-4-11/h3-7,9-10,21H,8H2,1-2H3,(H,19,22)/b18-10+. The van der Waals surface area contributed by atoms with Gasteiger partial charge in [0.25, 0.3) is 5.69 Å². The monoisotopic (exact) mass is 359 g/mol. The van der Waals surface area contributed by atoms with Crippen molar-refractivity contribution < 1.29 is 24.3 Å². The largest absolute Gasteiger partial charge is 0.508 e. The molecule has 2 N–H and O–H groups in total. The van der Waals surface area contributed by atoms with Crippen LogP contribution in [0.15, 0.2) is 41.5 Å². The molecule has 2 aromatic carbocycles. The summed E-state index contributed by atoms with van der Waals surface area (Å²) < 4.78 is 10.2. The lowest BCUT2D eigenvalue weighted by molar-refractivity contribution is -0.385. The van der Waals surface area contributed by atoms with Crippen molar-refractivity contribution in [3.05, 3.63) is 57.6 Å². The molecule has 0 bridgehead atoms. The first kappa shape index (κ1) is 18.7. The molecule has 1 amide bonds. The second-order valence-corrected chi connectivity index (χ2v) is 5.15. The van der Waals surface area contributed by atoms with Gasteiger partial charge in [-0.2, -0.15) is 5.10 Å². The summed E-state index contributed by atoms with van der Waals surface area (Å²) >= 11 is 0. The lowest BCUT2D eigenvalue weighted by Gasteiger charge is -2.10. The Labute approximate surface area is 149 Å². The molecule has 0 aliphatic rings. The average Bonchev–Trinajstić information content (AvgIpc) is 2.62. The van der Waals surface area contributed by atoms with E-state index in [2.05, 4.69) is 10.5 Å². The second kappa shape index (κ2) is 8.47. The molecule has 26 heavy (non-hydrogen) atoms. The van der Waals surface area contributed by atoms with E-state index in [0.717, 1.165) is 0 Å². The number of nitrogens with zero attached hydrogens (tertiary/aromatic N) is 2. The summed E-state index contributed by atoms with van der Waals surface area (Å²) in [6.07, 6.45) is 1.13. The molecule has 0 heterocycles. The molecular formula is C17H17N3O6. The maximum atomic E-state index is 12.0. The Bertz CT molecular complexity index is 833. The quantitative estimate of drug-likeness (QED) is 0.443. The van der Waals surface area contributed by atoms with E-state index in [1.54, 1.807) is 12.1 Å². The van der Waals surface area contributed by atoms with Crippen molar-refractivity contribution in [2.75, 3.05) is 14.2 Å². The zero-order chi connectivity index (χ0) is 19.1. The first-order valence-corrected chi connectivity index (χ1v) is 7.44. The van der Waals surface area contributed by atoms with Crippen LogP contribution in [0.1, 0.15) is 11.1 Å². The summed E-state index contributed by atoms with van der Waals surface area (Å²) in [7, 11) is 2.77. The summed E-state index contributed by atoms with van der Waals surface area (Å²) in [6.45, 7) is 0. The SMILES string of the molecule is COc1cc(CC(=O)N/N=C/c2ccc(O)cc2)c([N+](=O)[O-])cc1OC. The highest BCUT2D eigenvalue weighted by molar-refractivity contribution is 5.84. The van der Waals surface area contributed by atoms with Gasteiger partial charge in [-0.15, -0.1) is 0 Å². The first-order chi connectivity index (χ1) is 12.4. The normalized spacial score (nSPS) is 10.5. The predicted molar refractivity (Wildman–Crippen MR) is 93.7 cm³/mol. The average molecular weight is 359 g/mol. The third-order valence-electron chi connectivity index (χ3n) is 3.43. The number of hydrogen-bond acceptors (Lipinski definition) is 7. The van der Waals surface area contributed by atoms with Crippen molar-refractivity contribution in [1.82, 2.24) is 5.43 Å². The Morgan fingerprint density at radius 1 is 1.23 bits per heavy atom. The van der Waals surface area contributed by atoms with Crippen LogP contribution in [-0.4, -0.2) is 36.4 Å². The smallest absolute Gasteiger partial charge is 0.277 e. The lowest BCUT2D eigenvalue weighted by atomic mass is 10.1. The van der Waals surface area contributed by atoms with Crippen molar-refractivity contribution in [2.45, 2.75) is 6.42 Å². The predicted octanol–water partition coefficient (Wildman–Crippen LogP) is 2.01. The molecule has 136 valence electrons. The Kier molecular flexibility index (Phi) is 6.10. The number of hydrogen-bond donors (Lipinski definition) is 2. The highest BCUT2D eigenvalue weighted by Crippen LogP contribution is 2.34. The van der Waals surface area contributed by atoms with Gasteiger partial charge in [-0.1, -0.05) is 0 Å². The van der Waals surface area contributed by atoms with Crippen molar-refractivity contribution in [2.24, 2.45) is 5.10 Å². The number of amides is 1. The van der Waals surface area contributed by atoms with Crippen LogP contribution in [0.5, 0.6) is 17.2 Å². The third-order valence-corrected chi connectivity index (χ3v) is 3.43. The molecule has 9 nitrogen and oxygen atoms in total. The molecule has 2 aromatic rings. The Hall–Kier alpha value is -3.62. The first-order valence-electron chi connectivity index (χ1n) is 7.44. The summed E-state index contributed by atoms with van der Waals surface area (Å²) in [5.74, 6) is 0.0736. The van der Waals surface area contributed by atoms with E-state index in [0.29, 0.717) is 5.56 Å². The van der Waals surface area contributed by atoms with E-state index in [9.17, 15) is 20.0 Å². The topological polar surface area (TPSA) is 123 Å². The number of phenolic OH excluding ortho intramolecular Hbond substituents is 1. The van der Waals surface area contributed by atoms with Crippen molar-refractivity contribution in [1.29, 1.82) is 0 Å². The van der Waals surface area contributed by atoms with Gasteiger partial charge in [0.2, 0.25) is 5.91 Å². The van der Waals surface area contributed by atoms with Crippen LogP contribution in [0.3, 0.4) is 0 Å². The van der Waals surface area contributed by atoms with Crippen molar-refractivity contribution >= 4 is 17.8 Å². The van der Waals surface area contributed by atoms with Gasteiger partial charge >= 0.3 is 0 Å². The molecule has 0 aromatic heterocycles. The number of hydrazone groups is 1. The van der Waals surface area contributed by atoms with Crippen LogP contribution in [-0.2, 0) is 11.2 Å². The zero-order valence-corrected chi connectivity index (χ0v) is 14.1. The molecular weight excluding hydrogens is 342 g/mol. The second-order valence-electron chi connectivity index (χ2n) is 5.15. The molecule has 9 heteroatoms. The van der Waals surface area contributed by atoms with Gasteiger partial charge < -0.3 is 14.6 Å². The molecule has 0 aliphatic heterocycles. The molecule has 0 spiro atoms. The van der Waals surface area contributed by atoms with Crippen LogP contribution in [0.25, 0.3) is 0 Å². The van der Waals surface area contributed by atoms with Crippen molar-refractivity contribution in [3.63, 3.8) is 0 Å². The van der Waals surface area contributed by atoms with Gasteiger partial charge in [-0.25, -0.2) is 5.43 Å². The minimum absolute atomic E-state index is 0.118. The fourth-order valence-electron chi connectivity index (χ4n) is 2.17. The number of nitro groups is 1. The van der Waals surface area contributed by atoms with Crippen molar-refractivity contribution in [3.8, 4) is 17.2 Å². The van der Waals surface area contributed by atoms with Gasteiger partial charge in [0.1, 0.15) is 5.75 Å². The molecule has 0 radical (unpaired) electrons. The number of carbonyl (C=O) groups is 1. The number of ether oxygens (including phenoxy) is 2. The number of aromatic hydroxyl groups is 1. The van der Waals surface area contributed by atoms with E-state index in [-0.39, 0.29) is 34.9 Å². The minimum atomic E-state index is -0.593. The molecule has 0 saturated heterocycles. The maximum Gasteiger partial charge on any atom is 0.277 e. The van der Waals surface area contributed by atoms with Gasteiger partial charge in [0.15, 0.2) is 11.5 Å². The summed E-state index contributed by atoms with van der Waals surface area (Å²) in [4.78, 5) is 22.7. The summed E-state index contributed by atoms with van der Waals surface area (Å²) in [5.41, 5.74) is 2.89. The van der Waals surface area contributed by atoms with Gasteiger partial charge in [-0.05, 0) is 35.9 Å².